The van der Waals surface area contributed by atoms with Crippen molar-refractivity contribution in [2.24, 2.45) is 0 Å². The van der Waals surface area contributed by atoms with Crippen molar-refractivity contribution in [3.63, 3.8) is 0 Å². The molecule has 0 spiro atoms. The molecule has 1 heterocycles. The number of rotatable bonds is 4. The predicted octanol–water partition coefficient (Wildman–Crippen LogP) is 2.12. The standard InChI is InChI=1S/C10H12N2OS/c1-2-12(6-3-5-11)10(13)9-4-7-14-8-9/h4,7-8H,2-3,6H2,1H3. The first-order chi connectivity index (χ1) is 6.79. The highest BCUT2D eigenvalue weighted by Gasteiger charge is 2.13. The molecule has 74 valence electrons. The summed E-state index contributed by atoms with van der Waals surface area (Å²) in [5.41, 5.74) is 0.717. The number of hydrogen-bond acceptors (Lipinski definition) is 3. The summed E-state index contributed by atoms with van der Waals surface area (Å²) in [5, 5.41) is 12.1. The van der Waals surface area contributed by atoms with E-state index < -0.39 is 0 Å². The quantitative estimate of drug-likeness (QED) is 0.760. The molecule has 14 heavy (non-hydrogen) atoms. The van der Waals surface area contributed by atoms with Crippen LogP contribution in [0.2, 0.25) is 0 Å². The van der Waals surface area contributed by atoms with Gasteiger partial charge < -0.3 is 4.90 Å². The summed E-state index contributed by atoms with van der Waals surface area (Å²) in [6.07, 6.45) is 0.393. The third-order valence-corrected chi connectivity index (χ3v) is 2.61. The Labute approximate surface area is 87.6 Å². The monoisotopic (exact) mass is 208 g/mol. The molecule has 1 aromatic rings. The van der Waals surface area contributed by atoms with Crippen molar-refractivity contribution in [2.45, 2.75) is 13.3 Å². The molecule has 4 heteroatoms. The van der Waals surface area contributed by atoms with Crippen LogP contribution in [0.1, 0.15) is 23.7 Å². The highest BCUT2D eigenvalue weighted by molar-refractivity contribution is 7.08. The Bertz CT molecular complexity index is 326. The molecule has 0 N–H and O–H groups in total. The van der Waals surface area contributed by atoms with Crippen molar-refractivity contribution >= 4 is 17.2 Å². The van der Waals surface area contributed by atoms with Gasteiger partial charge in [0.05, 0.1) is 18.1 Å². The zero-order valence-electron chi connectivity index (χ0n) is 8.06. The lowest BCUT2D eigenvalue weighted by Gasteiger charge is -2.18. The number of carbonyl (C=O) groups is 1. The Morgan fingerprint density at radius 2 is 2.50 bits per heavy atom. The lowest BCUT2D eigenvalue weighted by atomic mass is 10.3. The van der Waals surface area contributed by atoms with Crippen molar-refractivity contribution in [1.82, 2.24) is 4.90 Å². The Kier molecular flexibility index (Phi) is 4.14. The van der Waals surface area contributed by atoms with Crippen molar-refractivity contribution in [3.8, 4) is 6.07 Å². The lowest BCUT2D eigenvalue weighted by molar-refractivity contribution is 0.0768. The molecule has 0 saturated heterocycles. The van der Waals surface area contributed by atoms with Crippen LogP contribution < -0.4 is 0 Å². The van der Waals surface area contributed by atoms with E-state index >= 15 is 0 Å². The lowest BCUT2D eigenvalue weighted by Crippen LogP contribution is -2.31. The van der Waals surface area contributed by atoms with Crippen LogP contribution in [0.25, 0.3) is 0 Å². The van der Waals surface area contributed by atoms with Crippen LogP contribution in [-0.4, -0.2) is 23.9 Å². The molecular formula is C10H12N2OS. The summed E-state index contributed by atoms with van der Waals surface area (Å²) < 4.78 is 0. The smallest absolute Gasteiger partial charge is 0.254 e. The fourth-order valence-electron chi connectivity index (χ4n) is 1.16. The topological polar surface area (TPSA) is 44.1 Å². The summed E-state index contributed by atoms with van der Waals surface area (Å²) in [7, 11) is 0. The fourth-order valence-corrected chi connectivity index (χ4v) is 1.79. The summed E-state index contributed by atoms with van der Waals surface area (Å²) in [4.78, 5) is 13.5. The zero-order valence-corrected chi connectivity index (χ0v) is 8.88. The van der Waals surface area contributed by atoms with Crippen LogP contribution in [0.5, 0.6) is 0 Å². The van der Waals surface area contributed by atoms with E-state index in [0.29, 0.717) is 19.5 Å². The normalized spacial score (nSPS) is 9.43. The number of carbonyl (C=O) groups excluding carboxylic acids is 1. The Hall–Kier alpha value is -1.34. The van der Waals surface area contributed by atoms with E-state index in [-0.39, 0.29) is 5.91 Å². The Morgan fingerprint density at radius 1 is 1.71 bits per heavy atom. The van der Waals surface area contributed by atoms with Gasteiger partial charge in [0.25, 0.3) is 5.91 Å². The van der Waals surface area contributed by atoms with Gasteiger partial charge in [-0.1, -0.05) is 0 Å². The number of thiophene rings is 1. The zero-order chi connectivity index (χ0) is 10.4. The molecule has 0 unspecified atom stereocenters. The third-order valence-electron chi connectivity index (χ3n) is 1.93. The molecule has 0 atom stereocenters. The molecule has 0 aliphatic heterocycles. The van der Waals surface area contributed by atoms with Gasteiger partial charge in [0.1, 0.15) is 0 Å². The molecule has 1 amide bonds. The molecule has 0 bridgehead atoms. The van der Waals surface area contributed by atoms with E-state index in [0.717, 1.165) is 5.56 Å². The van der Waals surface area contributed by atoms with Gasteiger partial charge in [0, 0.05) is 18.5 Å². The Balaban J connectivity index is 2.62. The van der Waals surface area contributed by atoms with Gasteiger partial charge in [-0.15, -0.1) is 0 Å². The minimum atomic E-state index is 0.0176. The van der Waals surface area contributed by atoms with Crippen LogP contribution in [0.4, 0.5) is 0 Å². The summed E-state index contributed by atoms with van der Waals surface area (Å²) in [6, 6.07) is 3.85. The predicted molar refractivity (Wildman–Crippen MR) is 56.1 cm³/mol. The molecule has 1 rings (SSSR count). The van der Waals surface area contributed by atoms with E-state index in [2.05, 4.69) is 0 Å². The minimum absolute atomic E-state index is 0.0176. The number of hydrogen-bond donors (Lipinski definition) is 0. The van der Waals surface area contributed by atoms with Crippen LogP contribution in [0.3, 0.4) is 0 Å². The van der Waals surface area contributed by atoms with Crippen molar-refractivity contribution in [2.75, 3.05) is 13.1 Å². The van der Waals surface area contributed by atoms with Gasteiger partial charge >= 0.3 is 0 Å². The molecule has 1 aromatic heterocycles. The summed E-state index contributed by atoms with van der Waals surface area (Å²) in [5.74, 6) is 0.0176. The highest BCUT2D eigenvalue weighted by atomic mass is 32.1. The molecule has 0 aliphatic carbocycles. The van der Waals surface area contributed by atoms with Crippen molar-refractivity contribution in [1.29, 1.82) is 5.26 Å². The van der Waals surface area contributed by atoms with E-state index in [1.54, 1.807) is 4.90 Å². The van der Waals surface area contributed by atoms with Gasteiger partial charge in [0.15, 0.2) is 0 Å². The molecule has 0 saturated carbocycles. The van der Waals surface area contributed by atoms with E-state index in [1.807, 2.05) is 29.8 Å². The minimum Gasteiger partial charge on any atom is -0.338 e. The van der Waals surface area contributed by atoms with E-state index in [4.69, 9.17) is 5.26 Å². The first kappa shape index (κ1) is 10.7. The van der Waals surface area contributed by atoms with Crippen molar-refractivity contribution in [3.05, 3.63) is 22.4 Å². The van der Waals surface area contributed by atoms with Crippen molar-refractivity contribution < 1.29 is 4.79 Å². The maximum atomic E-state index is 11.8. The van der Waals surface area contributed by atoms with E-state index in [9.17, 15) is 4.79 Å². The molecule has 0 fully saturated rings. The summed E-state index contributed by atoms with van der Waals surface area (Å²) >= 11 is 1.51. The molecule has 0 aliphatic rings. The largest absolute Gasteiger partial charge is 0.338 e. The first-order valence-corrected chi connectivity index (χ1v) is 5.42. The van der Waals surface area contributed by atoms with Gasteiger partial charge in [-0.3, -0.25) is 4.79 Å². The summed E-state index contributed by atoms with van der Waals surface area (Å²) in [6.45, 7) is 3.08. The molecular weight excluding hydrogens is 196 g/mol. The third kappa shape index (κ3) is 2.57. The van der Waals surface area contributed by atoms with Gasteiger partial charge in [-0.2, -0.15) is 16.6 Å². The second kappa shape index (κ2) is 5.40. The van der Waals surface area contributed by atoms with Crippen LogP contribution in [0, 0.1) is 11.3 Å². The van der Waals surface area contributed by atoms with E-state index in [1.165, 1.54) is 11.3 Å². The maximum absolute atomic E-state index is 11.8. The van der Waals surface area contributed by atoms with Gasteiger partial charge in [-0.25, -0.2) is 0 Å². The van der Waals surface area contributed by atoms with Gasteiger partial charge in [-0.05, 0) is 18.4 Å². The number of nitriles is 1. The molecule has 0 aromatic carbocycles. The number of amides is 1. The van der Waals surface area contributed by atoms with Crippen LogP contribution >= 0.6 is 11.3 Å². The van der Waals surface area contributed by atoms with Crippen LogP contribution in [0.15, 0.2) is 16.8 Å². The second-order valence-corrected chi connectivity index (χ2v) is 3.58. The van der Waals surface area contributed by atoms with Crippen LogP contribution in [-0.2, 0) is 0 Å². The average Bonchev–Trinajstić information content (AvgIpc) is 2.71. The Morgan fingerprint density at radius 3 is 3.00 bits per heavy atom. The highest BCUT2D eigenvalue weighted by Crippen LogP contribution is 2.09. The average molecular weight is 208 g/mol. The van der Waals surface area contributed by atoms with Gasteiger partial charge in [0.2, 0.25) is 0 Å². The molecule has 3 nitrogen and oxygen atoms in total. The maximum Gasteiger partial charge on any atom is 0.254 e. The first-order valence-electron chi connectivity index (χ1n) is 4.48. The fraction of sp³-hybridized carbons (Fsp3) is 0.400. The number of nitrogens with zero attached hydrogens (tertiary/aromatic N) is 2. The second-order valence-electron chi connectivity index (χ2n) is 2.80. The molecule has 0 radical (unpaired) electrons. The SMILES string of the molecule is CCN(CCC#N)C(=O)c1ccsc1.